The minimum atomic E-state index is -0.318. The number of rotatable bonds is 5. The van der Waals surface area contributed by atoms with Gasteiger partial charge in [0.2, 0.25) is 0 Å². The van der Waals surface area contributed by atoms with Crippen LogP contribution < -0.4 is 10.2 Å². The Kier molecular flexibility index (Phi) is 7.53. The van der Waals surface area contributed by atoms with E-state index in [9.17, 15) is 9.59 Å². The molecule has 27 heavy (non-hydrogen) atoms. The Labute approximate surface area is 161 Å². The zero-order chi connectivity index (χ0) is 19.9. The molecule has 2 heterocycles. The van der Waals surface area contributed by atoms with Gasteiger partial charge in [-0.05, 0) is 52.7 Å². The van der Waals surface area contributed by atoms with Crippen LogP contribution in [-0.2, 0) is 9.53 Å². The standard InChI is InChI=1S/C14H21N5O.C5H10O2/c1-2-19(11-3-4-11)14(20)12-5-6-13(17-16-12)18-9-7-15-8-10-18;1-5(2,3)7-4-6/h5-6,11,15H,2-4,7-10H2,1H3;4H,1-3H3. The summed E-state index contributed by atoms with van der Waals surface area (Å²) in [5, 5.41) is 11.7. The number of carbonyl (C=O) groups excluding carboxylic acids is 2. The van der Waals surface area contributed by atoms with Crippen molar-refractivity contribution in [2.24, 2.45) is 0 Å². The van der Waals surface area contributed by atoms with Crippen molar-refractivity contribution >= 4 is 18.2 Å². The highest BCUT2D eigenvalue weighted by Gasteiger charge is 2.32. The molecule has 8 nitrogen and oxygen atoms in total. The second-order valence-corrected chi connectivity index (χ2v) is 7.66. The fourth-order valence-corrected chi connectivity index (χ4v) is 2.75. The lowest BCUT2D eigenvalue weighted by Crippen LogP contribution is -2.44. The second kappa shape index (κ2) is 9.64. The third-order valence-corrected chi connectivity index (χ3v) is 4.30. The third-order valence-electron chi connectivity index (χ3n) is 4.30. The number of amides is 1. The lowest BCUT2D eigenvalue weighted by atomic mass is 10.2. The number of hydrogen-bond donors (Lipinski definition) is 1. The number of piperazine rings is 1. The molecule has 0 unspecified atom stereocenters. The van der Waals surface area contributed by atoms with Gasteiger partial charge in [-0.1, -0.05) is 0 Å². The second-order valence-electron chi connectivity index (χ2n) is 7.66. The molecule has 1 amide bonds. The van der Waals surface area contributed by atoms with Crippen molar-refractivity contribution in [2.75, 3.05) is 37.6 Å². The molecule has 1 aromatic rings. The van der Waals surface area contributed by atoms with Gasteiger partial charge < -0.3 is 19.9 Å². The van der Waals surface area contributed by atoms with Gasteiger partial charge in [-0.3, -0.25) is 9.59 Å². The van der Waals surface area contributed by atoms with Crippen LogP contribution in [0, 0.1) is 0 Å². The first-order valence-corrected chi connectivity index (χ1v) is 9.57. The van der Waals surface area contributed by atoms with Crippen LogP contribution in [0.25, 0.3) is 0 Å². The van der Waals surface area contributed by atoms with Gasteiger partial charge in [0.05, 0.1) is 0 Å². The summed E-state index contributed by atoms with van der Waals surface area (Å²) in [7, 11) is 0. The number of ether oxygens (including phenoxy) is 1. The van der Waals surface area contributed by atoms with Gasteiger partial charge in [-0.25, -0.2) is 0 Å². The molecule has 1 saturated carbocycles. The number of aromatic nitrogens is 2. The van der Waals surface area contributed by atoms with Crippen molar-refractivity contribution in [2.45, 2.75) is 52.2 Å². The summed E-state index contributed by atoms with van der Waals surface area (Å²) in [5.41, 5.74) is 0.138. The molecular formula is C19H31N5O3. The average molecular weight is 377 g/mol. The number of nitrogens with one attached hydrogen (secondary N) is 1. The van der Waals surface area contributed by atoms with E-state index in [0.717, 1.165) is 51.4 Å². The lowest BCUT2D eigenvalue weighted by Gasteiger charge is -2.28. The van der Waals surface area contributed by atoms with Crippen molar-refractivity contribution in [1.82, 2.24) is 20.4 Å². The van der Waals surface area contributed by atoms with Gasteiger partial charge in [0.25, 0.3) is 12.4 Å². The molecule has 0 bridgehead atoms. The quantitative estimate of drug-likeness (QED) is 0.778. The highest BCUT2D eigenvalue weighted by Crippen LogP contribution is 2.27. The number of nitrogens with zero attached hydrogens (tertiary/aromatic N) is 4. The van der Waals surface area contributed by atoms with E-state index in [0.29, 0.717) is 18.2 Å². The summed E-state index contributed by atoms with van der Waals surface area (Å²) in [6, 6.07) is 4.13. The van der Waals surface area contributed by atoms with E-state index in [-0.39, 0.29) is 11.5 Å². The van der Waals surface area contributed by atoms with Crippen LogP contribution in [0.3, 0.4) is 0 Å². The van der Waals surface area contributed by atoms with Crippen LogP contribution in [0.5, 0.6) is 0 Å². The Morgan fingerprint density at radius 1 is 1.30 bits per heavy atom. The molecule has 0 spiro atoms. The molecule has 0 aromatic carbocycles. The van der Waals surface area contributed by atoms with Crippen LogP contribution >= 0.6 is 0 Å². The van der Waals surface area contributed by atoms with Crippen LogP contribution in [0.4, 0.5) is 5.82 Å². The monoisotopic (exact) mass is 377 g/mol. The molecule has 3 rings (SSSR count). The Hall–Kier alpha value is -2.22. The first-order chi connectivity index (χ1) is 12.9. The molecule has 0 radical (unpaired) electrons. The van der Waals surface area contributed by atoms with E-state index >= 15 is 0 Å². The fourth-order valence-electron chi connectivity index (χ4n) is 2.75. The SMILES string of the molecule is CC(C)(C)OC=O.CCN(C(=O)c1ccc(N2CCNCC2)nn1)C1CC1. The van der Waals surface area contributed by atoms with Crippen molar-refractivity contribution in [3.05, 3.63) is 17.8 Å². The summed E-state index contributed by atoms with van der Waals surface area (Å²) in [5.74, 6) is 0.867. The Morgan fingerprint density at radius 2 is 1.96 bits per heavy atom. The van der Waals surface area contributed by atoms with Gasteiger partial charge >= 0.3 is 0 Å². The van der Waals surface area contributed by atoms with Gasteiger partial charge in [0, 0.05) is 38.8 Å². The van der Waals surface area contributed by atoms with Crippen LogP contribution in [0.2, 0.25) is 0 Å². The molecule has 1 aliphatic carbocycles. The van der Waals surface area contributed by atoms with E-state index in [1.807, 2.05) is 38.7 Å². The normalized spacial score (nSPS) is 16.8. The van der Waals surface area contributed by atoms with Crippen molar-refractivity contribution in [3.8, 4) is 0 Å². The maximum atomic E-state index is 12.3. The maximum Gasteiger partial charge on any atom is 0.293 e. The smallest absolute Gasteiger partial charge is 0.293 e. The molecule has 8 heteroatoms. The van der Waals surface area contributed by atoms with Gasteiger partial charge in [0.1, 0.15) is 5.60 Å². The largest absolute Gasteiger partial charge is 0.462 e. The molecule has 150 valence electrons. The Balaban J connectivity index is 0.000000321. The van der Waals surface area contributed by atoms with Crippen molar-refractivity contribution in [1.29, 1.82) is 0 Å². The Bertz CT molecular complexity index is 605. The molecule has 2 aliphatic rings. The van der Waals surface area contributed by atoms with E-state index in [2.05, 4.69) is 25.2 Å². The minimum Gasteiger partial charge on any atom is -0.462 e. The zero-order valence-electron chi connectivity index (χ0n) is 16.8. The van der Waals surface area contributed by atoms with Crippen molar-refractivity contribution in [3.63, 3.8) is 0 Å². The molecule has 1 saturated heterocycles. The number of anilines is 1. The lowest BCUT2D eigenvalue weighted by molar-refractivity contribution is -0.138. The summed E-state index contributed by atoms with van der Waals surface area (Å²) in [4.78, 5) is 26.0. The van der Waals surface area contributed by atoms with Gasteiger partial charge in [-0.15, -0.1) is 10.2 Å². The van der Waals surface area contributed by atoms with E-state index in [4.69, 9.17) is 0 Å². The van der Waals surface area contributed by atoms with Crippen LogP contribution in [0.15, 0.2) is 12.1 Å². The van der Waals surface area contributed by atoms with Gasteiger partial charge in [-0.2, -0.15) is 0 Å². The molecule has 1 aliphatic heterocycles. The molecule has 2 fully saturated rings. The van der Waals surface area contributed by atoms with E-state index in [1.54, 1.807) is 6.07 Å². The van der Waals surface area contributed by atoms with Crippen LogP contribution in [-0.4, -0.2) is 71.8 Å². The van der Waals surface area contributed by atoms with Crippen molar-refractivity contribution < 1.29 is 14.3 Å². The minimum absolute atomic E-state index is 0.00867. The predicted molar refractivity (Wildman–Crippen MR) is 104 cm³/mol. The summed E-state index contributed by atoms with van der Waals surface area (Å²) >= 11 is 0. The van der Waals surface area contributed by atoms with Gasteiger partial charge in [0.15, 0.2) is 11.5 Å². The molecule has 1 N–H and O–H groups in total. The molecule has 0 atom stereocenters. The summed E-state index contributed by atoms with van der Waals surface area (Å²) < 4.78 is 4.55. The Morgan fingerprint density at radius 3 is 2.37 bits per heavy atom. The summed E-state index contributed by atoms with van der Waals surface area (Å²) in [6.07, 6.45) is 2.23. The highest BCUT2D eigenvalue weighted by atomic mass is 16.5. The maximum absolute atomic E-state index is 12.3. The zero-order valence-corrected chi connectivity index (χ0v) is 16.8. The third kappa shape index (κ3) is 6.78. The predicted octanol–water partition coefficient (Wildman–Crippen LogP) is 1.47. The first-order valence-electron chi connectivity index (χ1n) is 9.57. The first kappa shape index (κ1) is 21.1. The van der Waals surface area contributed by atoms with Crippen LogP contribution in [0.1, 0.15) is 51.0 Å². The average Bonchev–Trinajstić information content (AvgIpc) is 3.48. The highest BCUT2D eigenvalue weighted by molar-refractivity contribution is 5.92. The number of carbonyl (C=O) groups is 2. The molecule has 1 aromatic heterocycles. The van der Waals surface area contributed by atoms with E-state index < -0.39 is 0 Å². The van der Waals surface area contributed by atoms with E-state index in [1.165, 1.54) is 0 Å². The summed E-state index contributed by atoms with van der Waals surface area (Å²) in [6.45, 7) is 12.5. The molecular weight excluding hydrogens is 346 g/mol. The number of hydrogen-bond acceptors (Lipinski definition) is 7. The fraction of sp³-hybridized carbons (Fsp3) is 0.684. The topological polar surface area (TPSA) is 87.7 Å².